The second kappa shape index (κ2) is 14.3. The van der Waals surface area contributed by atoms with Crippen molar-refractivity contribution in [2.45, 2.75) is 32.3 Å². The van der Waals surface area contributed by atoms with Gasteiger partial charge in [0.2, 0.25) is 0 Å². The number of methoxy groups -OCH3 is 1. The first-order valence-corrected chi connectivity index (χ1v) is 13.9. The number of ether oxygens (including phenoxy) is 2. The van der Waals surface area contributed by atoms with Crippen LogP contribution in [0.5, 0.6) is 16.7 Å². The molecule has 208 valence electrons. The quantitative estimate of drug-likeness (QED) is 0.0789. The number of benzene rings is 1. The summed E-state index contributed by atoms with van der Waals surface area (Å²) >= 11 is 8.35. The number of Topliss-reactive ketones (excluding diaryl/α,β-unsaturated/α-hetero) is 1. The molecule has 39 heavy (non-hydrogen) atoms. The van der Waals surface area contributed by atoms with Gasteiger partial charge in [-0.2, -0.15) is 4.98 Å². The van der Waals surface area contributed by atoms with Gasteiger partial charge in [0, 0.05) is 24.8 Å². The van der Waals surface area contributed by atoms with E-state index in [1.54, 1.807) is 12.3 Å². The number of carbonyl (C=O) groups is 2. The smallest absolute Gasteiger partial charge is 0.350 e. The van der Waals surface area contributed by atoms with Crippen molar-refractivity contribution in [1.82, 2.24) is 4.98 Å². The van der Waals surface area contributed by atoms with Crippen LogP contribution in [-0.4, -0.2) is 35.2 Å². The van der Waals surface area contributed by atoms with E-state index in [2.05, 4.69) is 9.72 Å². The van der Waals surface area contributed by atoms with Crippen molar-refractivity contribution in [2.24, 2.45) is 5.92 Å². The Balaban J connectivity index is 1.77. The number of rotatable bonds is 13. The number of aryl methyl sites for hydroxylation is 1. The fourth-order valence-corrected chi connectivity index (χ4v) is 5.30. The molecule has 1 aromatic carbocycles. The van der Waals surface area contributed by atoms with Crippen molar-refractivity contribution in [3.05, 3.63) is 80.1 Å². The van der Waals surface area contributed by atoms with E-state index in [-0.39, 0.29) is 16.1 Å². The molecule has 0 saturated heterocycles. The predicted molar refractivity (Wildman–Crippen MR) is 145 cm³/mol. The summed E-state index contributed by atoms with van der Waals surface area (Å²) in [5, 5.41) is 10.7. The number of carbonyl (C=O) groups excluding carboxylic acids is 2. The second-order valence-corrected chi connectivity index (χ2v) is 9.98. The molecular weight excluding hydrogens is 573 g/mol. The maximum atomic E-state index is 13.3. The number of allylic oxidation sites excluding steroid dienone is 1. The van der Waals surface area contributed by atoms with Crippen LogP contribution in [0.3, 0.4) is 0 Å². The minimum absolute atomic E-state index is 0.0312. The van der Waals surface area contributed by atoms with Crippen LogP contribution in [0.1, 0.15) is 46.9 Å². The van der Waals surface area contributed by atoms with Gasteiger partial charge in [0.15, 0.2) is 5.78 Å². The third-order valence-corrected chi connectivity index (χ3v) is 7.21. The van der Waals surface area contributed by atoms with E-state index in [1.165, 1.54) is 50.4 Å². The molecule has 3 aromatic rings. The number of nitrogens with zero attached hydrogens (tertiary/aromatic N) is 1. The average Bonchev–Trinajstić information content (AvgIpc) is 3.26. The first-order valence-electron chi connectivity index (χ1n) is 11.6. The summed E-state index contributed by atoms with van der Waals surface area (Å²) in [7, 11) is 1.27. The lowest BCUT2D eigenvalue weighted by molar-refractivity contribution is -0.134. The summed E-state index contributed by atoms with van der Waals surface area (Å²) in [5.41, 5.74) is -1.49. The summed E-state index contributed by atoms with van der Waals surface area (Å²) in [6, 6.07) is 6.55. The Morgan fingerprint density at radius 2 is 2.03 bits per heavy atom. The first-order chi connectivity index (χ1) is 18.6. The van der Waals surface area contributed by atoms with Gasteiger partial charge in [-0.15, -0.1) is 0 Å². The zero-order valence-electron chi connectivity index (χ0n) is 21.1. The molecule has 0 amide bonds. The molecule has 0 aliphatic carbocycles. The Morgan fingerprint density at radius 1 is 1.31 bits per heavy atom. The molecule has 0 aliphatic rings. The largest absolute Gasteiger partial charge is 0.507 e. The van der Waals surface area contributed by atoms with Gasteiger partial charge in [0.25, 0.3) is 5.19 Å². The minimum Gasteiger partial charge on any atom is -0.507 e. The van der Waals surface area contributed by atoms with Gasteiger partial charge < -0.3 is 23.2 Å². The highest BCUT2D eigenvalue weighted by Crippen LogP contribution is 2.42. The molecule has 9 nitrogen and oxygen atoms in total. The minimum atomic E-state index is -0.981. The molecule has 1 N–H and O–H groups in total. The third kappa shape index (κ3) is 8.15. The van der Waals surface area contributed by atoms with E-state index in [4.69, 9.17) is 24.9 Å². The zero-order valence-corrected chi connectivity index (χ0v) is 23.5. The standard InChI is InChI=1S/C26H25ClFNO8S2/c1-14(21(32)20-18(30)13-17(35-25(20)33)7-5-4-6-8-19(31)34-2)22(37-38-3)23-24(27)29-26(39-23)36-16-11-9-15(28)10-12-16/h6,8-14,22,30H,4-5,7H2,1-3H3/b8-6+. The Kier molecular flexibility index (Phi) is 11.1. The van der Waals surface area contributed by atoms with Gasteiger partial charge >= 0.3 is 11.6 Å². The van der Waals surface area contributed by atoms with Crippen LogP contribution in [0.15, 0.2) is 51.7 Å². The van der Waals surface area contributed by atoms with Crippen LogP contribution >= 0.6 is 35.0 Å². The maximum absolute atomic E-state index is 13.3. The molecule has 0 aliphatic heterocycles. The van der Waals surface area contributed by atoms with Crippen molar-refractivity contribution < 1.29 is 37.2 Å². The van der Waals surface area contributed by atoms with Gasteiger partial charge in [0.1, 0.15) is 39.9 Å². The number of esters is 1. The fourth-order valence-electron chi connectivity index (χ4n) is 3.46. The number of hydrogen-bond acceptors (Lipinski definition) is 11. The number of hydrogen-bond donors (Lipinski definition) is 1. The molecular formula is C26H25ClFNO8S2. The van der Waals surface area contributed by atoms with E-state index in [9.17, 15) is 23.9 Å². The highest BCUT2D eigenvalue weighted by molar-refractivity contribution is 7.93. The average molecular weight is 598 g/mol. The van der Waals surface area contributed by atoms with Crippen molar-refractivity contribution in [2.75, 3.05) is 13.4 Å². The summed E-state index contributed by atoms with van der Waals surface area (Å²) in [6.07, 6.45) is 4.94. The van der Waals surface area contributed by atoms with E-state index >= 15 is 0 Å². The van der Waals surface area contributed by atoms with E-state index in [0.717, 1.165) is 23.4 Å². The molecule has 0 saturated carbocycles. The number of aromatic nitrogens is 1. The lowest BCUT2D eigenvalue weighted by atomic mass is 9.94. The Morgan fingerprint density at radius 3 is 2.67 bits per heavy atom. The Labute approximate surface area is 236 Å². The predicted octanol–water partition coefficient (Wildman–Crippen LogP) is 6.29. The lowest BCUT2D eigenvalue weighted by Gasteiger charge is -2.21. The van der Waals surface area contributed by atoms with Crippen LogP contribution in [0, 0.1) is 11.7 Å². The van der Waals surface area contributed by atoms with Crippen LogP contribution in [0.4, 0.5) is 4.39 Å². The fraction of sp³-hybridized carbons (Fsp3) is 0.308. The topological polar surface area (TPSA) is 125 Å². The van der Waals surface area contributed by atoms with Crippen molar-refractivity contribution >= 4 is 46.7 Å². The molecule has 13 heteroatoms. The summed E-state index contributed by atoms with van der Waals surface area (Å²) < 4.78 is 34.3. The van der Waals surface area contributed by atoms with Crippen LogP contribution in [0.25, 0.3) is 0 Å². The summed E-state index contributed by atoms with van der Waals surface area (Å²) in [6.45, 7) is 1.53. The highest BCUT2D eigenvalue weighted by atomic mass is 35.5. The number of halogens is 2. The number of thiazole rings is 1. The molecule has 0 radical (unpaired) electrons. The third-order valence-electron chi connectivity index (χ3n) is 5.41. The van der Waals surface area contributed by atoms with Gasteiger partial charge in [0.05, 0.1) is 17.9 Å². The molecule has 0 spiro atoms. The van der Waals surface area contributed by atoms with E-state index in [1.807, 2.05) is 0 Å². The normalized spacial score (nSPS) is 12.8. The zero-order chi connectivity index (χ0) is 28.5. The second-order valence-electron chi connectivity index (χ2n) is 8.11. The first kappa shape index (κ1) is 30.4. The monoisotopic (exact) mass is 597 g/mol. The van der Waals surface area contributed by atoms with Crippen molar-refractivity contribution in [3.8, 4) is 16.7 Å². The van der Waals surface area contributed by atoms with E-state index in [0.29, 0.717) is 29.9 Å². The molecule has 0 fully saturated rings. The van der Waals surface area contributed by atoms with Crippen LogP contribution in [-0.2, 0) is 20.1 Å². The van der Waals surface area contributed by atoms with Crippen molar-refractivity contribution in [1.29, 1.82) is 0 Å². The van der Waals surface area contributed by atoms with Crippen LogP contribution < -0.4 is 10.4 Å². The SMILES string of the molecule is COC(=O)/C=C/CCCc1cc(O)c(C(=O)C(C)C(OSC)c2sc(Oc3ccc(F)cc3)nc2Cl)c(=O)o1. The number of ketones is 1. The highest BCUT2D eigenvalue weighted by Gasteiger charge is 2.35. The lowest BCUT2D eigenvalue weighted by Crippen LogP contribution is -2.25. The van der Waals surface area contributed by atoms with Crippen molar-refractivity contribution in [3.63, 3.8) is 0 Å². The van der Waals surface area contributed by atoms with Gasteiger partial charge in [-0.1, -0.05) is 35.9 Å². The Hall–Kier alpha value is -3.19. The molecule has 3 rings (SSSR count). The van der Waals surface area contributed by atoms with Gasteiger partial charge in [-0.05, 0) is 49.1 Å². The molecule has 2 heterocycles. The molecule has 2 atom stereocenters. The van der Waals surface area contributed by atoms with Gasteiger partial charge in [-0.25, -0.2) is 14.0 Å². The molecule has 2 unspecified atom stereocenters. The Bertz CT molecular complexity index is 1390. The molecule has 2 aromatic heterocycles. The summed E-state index contributed by atoms with van der Waals surface area (Å²) in [4.78, 5) is 41.6. The number of aromatic hydroxyl groups is 1. The van der Waals surface area contributed by atoms with Crippen LogP contribution in [0.2, 0.25) is 5.15 Å². The maximum Gasteiger partial charge on any atom is 0.350 e. The molecule has 0 bridgehead atoms. The summed E-state index contributed by atoms with van der Waals surface area (Å²) in [5.74, 6) is -2.57. The number of unbranched alkanes of at least 4 members (excludes halogenated alkanes) is 1. The van der Waals surface area contributed by atoms with E-state index < -0.39 is 46.5 Å². The van der Waals surface area contributed by atoms with Gasteiger partial charge in [-0.3, -0.25) is 4.79 Å².